The van der Waals surface area contributed by atoms with Gasteiger partial charge in [-0.05, 0) is 37.1 Å². The molecule has 0 saturated carbocycles. The lowest BCUT2D eigenvalue weighted by Crippen LogP contribution is -2.52. The zero-order valence-electron chi connectivity index (χ0n) is 18.2. The fraction of sp³-hybridized carbons (Fsp3) is 0.522. The van der Waals surface area contributed by atoms with Crippen LogP contribution in [0.2, 0.25) is 0 Å². The van der Waals surface area contributed by atoms with Gasteiger partial charge in [0.2, 0.25) is 11.9 Å². The lowest BCUT2D eigenvalue weighted by Gasteiger charge is -2.37. The minimum Gasteiger partial charge on any atom is -0.368 e. The van der Waals surface area contributed by atoms with Gasteiger partial charge in [-0.15, -0.1) is 0 Å². The van der Waals surface area contributed by atoms with Crippen LogP contribution in [0.3, 0.4) is 0 Å². The Balaban J connectivity index is 1.17. The Labute approximate surface area is 186 Å². The summed E-state index contributed by atoms with van der Waals surface area (Å²) in [5.74, 6) is 0.534. The first-order valence-corrected chi connectivity index (χ1v) is 11.4. The number of aromatic nitrogens is 2. The minimum atomic E-state index is -0.244. The van der Waals surface area contributed by atoms with E-state index in [1.165, 1.54) is 12.1 Å². The van der Waals surface area contributed by atoms with Crippen LogP contribution in [0, 0.1) is 5.82 Å². The van der Waals surface area contributed by atoms with E-state index in [1.54, 1.807) is 12.1 Å². The Morgan fingerprint density at radius 2 is 1.69 bits per heavy atom. The third kappa shape index (κ3) is 4.34. The van der Waals surface area contributed by atoms with Gasteiger partial charge in [-0.1, -0.05) is 0 Å². The Bertz CT molecular complexity index is 1030. The van der Waals surface area contributed by atoms with E-state index in [0.29, 0.717) is 44.1 Å². The highest BCUT2D eigenvalue weighted by atomic mass is 19.1. The van der Waals surface area contributed by atoms with E-state index in [-0.39, 0.29) is 17.3 Å². The number of anilines is 2. The molecule has 4 heterocycles. The summed E-state index contributed by atoms with van der Waals surface area (Å²) in [5, 5.41) is 0. The van der Waals surface area contributed by atoms with Crippen molar-refractivity contribution >= 4 is 17.5 Å². The van der Waals surface area contributed by atoms with Gasteiger partial charge in [-0.25, -0.2) is 9.37 Å². The summed E-state index contributed by atoms with van der Waals surface area (Å²) >= 11 is 0. The van der Waals surface area contributed by atoms with Crippen LogP contribution in [0.5, 0.6) is 0 Å². The molecule has 5 rings (SSSR count). The van der Waals surface area contributed by atoms with Crippen molar-refractivity contribution in [3.8, 4) is 0 Å². The lowest BCUT2D eigenvalue weighted by molar-refractivity contribution is -0.133. The summed E-state index contributed by atoms with van der Waals surface area (Å²) in [7, 11) is 0. The fourth-order valence-electron chi connectivity index (χ4n) is 4.84. The van der Waals surface area contributed by atoms with Crippen molar-refractivity contribution in [2.75, 3.05) is 62.2 Å². The summed E-state index contributed by atoms with van der Waals surface area (Å²) in [6.07, 6.45) is 2.95. The number of nitrogens with zero attached hydrogens (tertiary/aromatic N) is 5. The first-order valence-electron chi connectivity index (χ1n) is 11.4. The van der Waals surface area contributed by atoms with Crippen molar-refractivity contribution in [1.29, 1.82) is 0 Å². The van der Waals surface area contributed by atoms with Gasteiger partial charge in [0.1, 0.15) is 5.82 Å². The van der Waals surface area contributed by atoms with Gasteiger partial charge in [0.05, 0.1) is 17.8 Å². The molecule has 0 spiro atoms. The van der Waals surface area contributed by atoms with E-state index in [0.717, 1.165) is 56.9 Å². The van der Waals surface area contributed by atoms with Gasteiger partial charge < -0.3 is 14.7 Å². The summed E-state index contributed by atoms with van der Waals surface area (Å²) in [6, 6.07) is 6.48. The molecule has 3 aliphatic rings. The molecule has 8 nitrogen and oxygen atoms in total. The van der Waals surface area contributed by atoms with Gasteiger partial charge in [-0.2, -0.15) is 0 Å². The molecular weight excluding hydrogens is 411 g/mol. The average molecular weight is 441 g/mol. The third-order valence-electron chi connectivity index (χ3n) is 6.72. The number of rotatable bonds is 4. The zero-order chi connectivity index (χ0) is 22.1. The van der Waals surface area contributed by atoms with E-state index in [9.17, 15) is 14.0 Å². The average Bonchev–Trinajstić information content (AvgIpc) is 3.35. The van der Waals surface area contributed by atoms with Crippen molar-refractivity contribution in [3.63, 3.8) is 0 Å². The van der Waals surface area contributed by atoms with Crippen LogP contribution < -0.4 is 15.4 Å². The number of H-pyrrole nitrogens is 1. The topological polar surface area (TPSA) is 75.8 Å². The molecule has 0 radical (unpaired) electrons. The number of aromatic amines is 1. The number of piperazine rings is 1. The van der Waals surface area contributed by atoms with Gasteiger partial charge in [-0.3, -0.25) is 19.5 Å². The van der Waals surface area contributed by atoms with Crippen LogP contribution in [-0.2, 0) is 17.8 Å². The van der Waals surface area contributed by atoms with Crippen molar-refractivity contribution in [2.45, 2.75) is 25.8 Å². The van der Waals surface area contributed by atoms with Crippen LogP contribution in [0.15, 0.2) is 29.1 Å². The molecule has 3 aliphatic heterocycles. The fourth-order valence-corrected chi connectivity index (χ4v) is 4.84. The van der Waals surface area contributed by atoms with Gasteiger partial charge in [0, 0.05) is 64.5 Å². The van der Waals surface area contributed by atoms with E-state index in [4.69, 9.17) is 4.98 Å². The van der Waals surface area contributed by atoms with E-state index >= 15 is 0 Å². The maximum Gasteiger partial charge on any atom is 0.257 e. The first kappa shape index (κ1) is 20.9. The number of hydrogen-bond acceptors (Lipinski definition) is 6. The molecular formula is C23H29FN6O2. The SMILES string of the molecule is O=C(CN1CCc2nc(N3CCCC3)[nH]c(=O)c2C1)N1CCN(c2ccc(F)cc2)CC1. The molecule has 2 saturated heterocycles. The highest BCUT2D eigenvalue weighted by molar-refractivity contribution is 5.78. The molecule has 9 heteroatoms. The van der Waals surface area contributed by atoms with Crippen LogP contribution >= 0.6 is 0 Å². The number of amides is 1. The Kier molecular flexibility index (Phi) is 5.82. The molecule has 0 unspecified atom stereocenters. The van der Waals surface area contributed by atoms with Crippen molar-refractivity contribution < 1.29 is 9.18 Å². The number of halogens is 1. The molecule has 0 atom stereocenters. The van der Waals surface area contributed by atoms with Gasteiger partial charge >= 0.3 is 0 Å². The molecule has 1 N–H and O–H groups in total. The Morgan fingerprint density at radius 3 is 2.41 bits per heavy atom. The second-order valence-electron chi connectivity index (χ2n) is 8.81. The summed E-state index contributed by atoms with van der Waals surface area (Å²) in [6.45, 7) is 6.11. The van der Waals surface area contributed by atoms with Crippen LogP contribution in [-0.4, -0.2) is 78.0 Å². The van der Waals surface area contributed by atoms with Gasteiger partial charge in [0.15, 0.2) is 0 Å². The number of fused-ring (bicyclic) bond motifs is 1. The number of hydrogen-bond donors (Lipinski definition) is 1. The van der Waals surface area contributed by atoms with Crippen LogP contribution in [0.4, 0.5) is 16.0 Å². The molecule has 2 aromatic rings. The Hall–Kier alpha value is -2.94. The van der Waals surface area contributed by atoms with Crippen LogP contribution in [0.1, 0.15) is 24.1 Å². The third-order valence-corrected chi connectivity index (χ3v) is 6.72. The summed E-state index contributed by atoms with van der Waals surface area (Å²) < 4.78 is 13.1. The van der Waals surface area contributed by atoms with Gasteiger partial charge in [0.25, 0.3) is 5.56 Å². The van der Waals surface area contributed by atoms with Crippen molar-refractivity contribution in [2.24, 2.45) is 0 Å². The zero-order valence-corrected chi connectivity index (χ0v) is 18.2. The molecule has 1 aromatic carbocycles. The molecule has 32 heavy (non-hydrogen) atoms. The largest absolute Gasteiger partial charge is 0.368 e. The van der Waals surface area contributed by atoms with E-state index in [2.05, 4.69) is 14.8 Å². The summed E-state index contributed by atoms with van der Waals surface area (Å²) in [5.41, 5.74) is 2.45. The number of benzene rings is 1. The predicted octanol–water partition coefficient (Wildman–Crippen LogP) is 1.22. The molecule has 0 bridgehead atoms. The second kappa shape index (κ2) is 8.90. The first-order chi connectivity index (χ1) is 15.6. The maximum absolute atomic E-state index is 13.1. The maximum atomic E-state index is 13.1. The van der Waals surface area contributed by atoms with E-state index in [1.807, 2.05) is 9.80 Å². The standard InChI is InChI=1S/C23H29FN6O2/c24-17-3-5-18(6-4-17)28-11-13-29(14-12-28)21(31)16-27-10-7-20-19(15-27)22(32)26-23(25-20)30-8-1-2-9-30/h3-6H,1-2,7-16H2,(H,25,26,32). The number of nitrogens with one attached hydrogen (secondary N) is 1. The quantitative estimate of drug-likeness (QED) is 0.771. The van der Waals surface area contributed by atoms with Crippen molar-refractivity contribution in [1.82, 2.24) is 19.8 Å². The Morgan fingerprint density at radius 1 is 0.969 bits per heavy atom. The number of carbonyl (C=O) groups is 1. The second-order valence-corrected chi connectivity index (χ2v) is 8.81. The molecule has 170 valence electrons. The molecule has 1 aromatic heterocycles. The van der Waals surface area contributed by atoms with Crippen LogP contribution in [0.25, 0.3) is 0 Å². The van der Waals surface area contributed by atoms with E-state index < -0.39 is 0 Å². The predicted molar refractivity (Wildman–Crippen MR) is 120 cm³/mol. The number of carbonyl (C=O) groups excluding carboxylic acids is 1. The highest BCUT2D eigenvalue weighted by Gasteiger charge is 2.27. The lowest BCUT2D eigenvalue weighted by atomic mass is 10.1. The summed E-state index contributed by atoms with van der Waals surface area (Å²) in [4.78, 5) is 41.5. The molecule has 1 amide bonds. The minimum absolute atomic E-state index is 0.0815. The molecule has 2 fully saturated rings. The monoisotopic (exact) mass is 440 g/mol. The highest BCUT2D eigenvalue weighted by Crippen LogP contribution is 2.20. The smallest absolute Gasteiger partial charge is 0.257 e. The van der Waals surface area contributed by atoms with Crippen molar-refractivity contribution in [3.05, 3.63) is 51.7 Å². The molecule has 0 aliphatic carbocycles. The normalized spacial score (nSPS) is 19.3.